The molecule has 4 heteroatoms. The summed E-state index contributed by atoms with van der Waals surface area (Å²) in [5.74, 6) is -0.240. The van der Waals surface area contributed by atoms with E-state index in [0.717, 1.165) is 15.7 Å². The van der Waals surface area contributed by atoms with E-state index in [1.807, 2.05) is 25.1 Å². The maximum atomic E-state index is 13.1. The standard InChI is InChI=1S/C14H12Br2FN/c1-9-3-2-4-13(14(9)16)18-8-10-5-6-12(17)11(15)7-10/h2-7,18H,8H2,1H3. The van der Waals surface area contributed by atoms with Gasteiger partial charge in [-0.25, -0.2) is 4.39 Å². The van der Waals surface area contributed by atoms with E-state index in [-0.39, 0.29) is 5.82 Å². The Hall–Kier alpha value is -0.870. The second kappa shape index (κ2) is 5.85. The highest BCUT2D eigenvalue weighted by Crippen LogP contribution is 2.26. The van der Waals surface area contributed by atoms with Gasteiger partial charge in [0.2, 0.25) is 0 Å². The van der Waals surface area contributed by atoms with Crippen LogP contribution in [-0.4, -0.2) is 0 Å². The monoisotopic (exact) mass is 371 g/mol. The number of benzene rings is 2. The van der Waals surface area contributed by atoms with Gasteiger partial charge in [-0.1, -0.05) is 18.2 Å². The van der Waals surface area contributed by atoms with Crippen LogP contribution in [0.15, 0.2) is 45.3 Å². The molecule has 1 N–H and O–H groups in total. The molecule has 2 aromatic rings. The van der Waals surface area contributed by atoms with Crippen molar-refractivity contribution in [3.05, 3.63) is 62.3 Å². The van der Waals surface area contributed by atoms with Gasteiger partial charge >= 0.3 is 0 Å². The van der Waals surface area contributed by atoms with Crippen molar-refractivity contribution < 1.29 is 4.39 Å². The first-order chi connectivity index (χ1) is 8.58. The Balaban J connectivity index is 2.11. The Kier molecular flexibility index (Phi) is 4.40. The minimum absolute atomic E-state index is 0.240. The SMILES string of the molecule is Cc1cccc(NCc2ccc(F)c(Br)c2)c1Br. The molecule has 1 nitrogen and oxygen atoms in total. The van der Waals surface area contributed by atoms with Crippen LogP contribution >= 0.6 is 31.9 Å². The fraction of sp³-hybridized carbons (Fsp3) is 0.143. The Bertz CT molecular complexity index is 570. The summed E-state index contributed by atoms with van der Waals surface area (Å²) in [6, 6.07) is 11.1. The predicted octanol–water partition coefficient (Wildman–Crippen LogP) is 5.27. The van der Waals surface area contributed by atoms with Crippen molar-refractivity contribution >= 4 is 37.5 Å². The van der Waals surface area contributed by atoms with Crippen LogP contribution in [0.25, 0.3) is 0 Å². The van der Waals surface area contributed by atoms with Crippen LogP contribution in [0.1, 0.15) is 11.1 Å². The summed E-state index contributed by atoms with van der Waals surface area (Å²) < 4.78 is 14.7. The molecule has 0 radical (unpaired) electrons. The number of nitrogens with one attached hydrogen (secondary N) is 1. The highest BCUT2D eigenvalue weighted by atomic mass is 79.9. The lowest BCUT2D eigenvalue weighted by molar-refractivity contribution is 0.620. The van der Waals surface area contributed by atoms with E-state index in [1.54, 1.807) is 12.1 Å². The van der Waals surface area contributed by atoms with Crippen molar-refractivity contribution in [1.29, 1.82) is 0 Å². The molecular weight excluding hydrogens is 361 g/mol. The Morgan fingerprint density at radius 2 is 1.94 bits per heavy atom. The van der Waals surface area contributed by atoms with Gasteiger partial charge in [0, 0.05) is 16.7 Å². The summed E-state index contributed by atoms with van der Waals surface area (Å²) in [6.07, 6.45) is 0. The molecule has 0 bridgehead atoms. The maximum absolute atomic E-state index is 13.1. The van der Waals surface area contributed by atoms with Gasteiger partial charge in [-0.2, -0.15) is 0 Å². The Morgan fingerprint density at radius 1 is 1.17 bits per heavy atom. The average Bonchev–Trinajstić information content (AvgIpc) is 2.35. The molecule has 0 aliphatic heterocycles. The molecule has 94 valence electrons. The van der Waals surface area contributed by atoms with Crippen molar-refractivity contribution in [3.63, 3.8) is 0 Å². The van der Waals surface area contributed by atoms with Crippen LogP contribution in [0.4, 0.5) is 10.1 Å². The van der Waals surface area contributed by atoms with Gasteiger partial charge in [-0.15, -0.1) is 0 Å². The molecule has 0 heterocycles. The Labute approximate surface area is 123 Å². The molecule has 0 aliphatic rings. The lowest BCUT2D eigenvalue weighted by Gasteiger charge is -2.10. The largest absolute Gasteiger partial charge is 0.380 e. The van der Waals surface area contributed by atoms with E-state index >= 15 is 0 Å². The van der Waals surface area contributed by atoms with Crippen molar-refractivity contribution in [2.24, 2.45) is 0 Å². The molecule has 0 atom stereocenters. The number of hydrogen-bond acceptors (Lipinski definition) is 1. The quantitative estimate of drug-likeness (QED) is 0.773. The van der Waals surface area contributed by atoms with Crippen molar-refractivity contribution in [2.45, 2.75) is 13.5 Å². The third-order valence-electron chi connectivity index (χ3n) is 2.66. The van der Waals surface area contributed by atoms with Crippen LogP contribution in [0.5, 0.6) is 0 Å². The maximum Gasteiger partial charge on any atom is 0.137 e. The Morgan fingerprint density at radius 3 is 2.67 bits per heavy atom. The van der Waals surface area contributed by atoms with E-state index in [0.29, 0.717) is 11.0 Å². The number of hydrogen-bond donors (Lipinski definition) is 1. The summed E-state index contributed by atoms with van der Waals surface area (Å²) in [4.78, 5) is 0. The lowest BCUT2D eigenvalue weighted by Crippen LogP contribution is -2.01. The minimum atomic E-state index is -0.240. The molecule has 2 rings (SSSR count). The fourth-order valence-electron chi connectivity index (χ4n) is 1.63. The average molecular weight is 373 g/mol. The summed E-state index contributed by atoms with van der Waals surface area (Å²) in [5, 5.41) is 3.33. The van der Waals surface area contributed by atoms with Gasteiger partial charge in [0.15, 0.2) is 0 Å². The molecule has 18 heavy (non-hydrogen) atoms. The minimum Gasteiger partial charge on any atom is -0.380 e. The van der Waals surface area contributed by atoms with Gasteiger partial charge in [-0.05, 0) is 68.1 Å². The molecule has 0 aliphatic carbocycles. The first-order valence-electron chi connectivity index (χ1n) is 5.51. The van der Waals surface area contributed by atoms with Crippen molar-refractivity contribution in [2.75, 3.05) is 5.32 Å². The van der Waals surface area contributed by atoms with Crippen molar-refractivity contribution in [3.8, 4) is 0 Å². The predicted molar refractivity (Wildman–Crippen MR) is 80.3 cm³/mol. The van der Waals surface area contributed by atoms with E-state index in [9.17, 15) is 4.39 Å². The molecule has 0 spiro atoms. The molecule has 0 unspecified atom stereocenters. The zero-order chi connectivity index (χ0) is 13.1. The van der Waals surface area contributed by atoms with Gasteiger partial charge in [0.1, 0.15) is 5.82 Å². The van der Waals surface area contributed by atoms with Crippen LogP contribution in [0.2, 0.25) is 0 Å². The van der Waals surface area contributed by atoms with Crippen molar-refractivity contribution in [1.82, 2.24) is 0 Å². The van der Waals surface area contributed by atoms with Crippen LogP contribution < -0.4 is 5.32 Å². The van der Waals surface area contributed by atoms with E-state index < -0.39 is 0 Å². The topological polar surface area (TPSA) is 12.0 Å². The smallest absolute Gasteiger partial charge is 0.137 e. The molecule has 0 saturated carbocycles. The second-order valence-corrected chi connectivity index (χ2v) is 5.69. The van der Waals surface area contributed by atoms with E-state index in [1.165, 1.54) is 11.6 Å². The normalized spacial score (nSPS) is 10.4. The summed E-state index contributed by atoms with van der Waals surface area (Å²) in [6.45, 7) is 2.70. The van der Waals surface area contributed by atoms with Crippen LogP contribution in [0, 0.1) is 12.7 Å². The number of anilines is 1. The lowest BCUT2D eigenvalue weighted by atomic mass is 10.2. The number of rotatable bonds is 3. The van der Waals surface area contributed by atoms with Crippen LogP contribution in [-0.2, 0) is 6.54 Å². The second-order valence-electron chi connectivity index (χ2n) is 4.04. The summed E-state index contributed by atoms with van der Waals surface area (Å²) >= 11 is 6.73. The highest BCUT2D eigenvalue weighted by Gasteiger charge is 2.03. The van der Waals surface area contributed by atoms with Gasteiger partial charge in [0.05, 0.1) is 4.47 Å². The zero-order valence-corrected chi connectivity index (χ0v) is 13.0. The van der Waals surface area contributed by atoms with E-state index in [4.69, 9.17) is 0 Å². The fourth-order valence-corrected chi connectivity index (χ4v) is 2.46. The van der Waals surface area contributed by atoms with E-state index in [2.05, 4.69) is 37.2 Å². The molecular formula is C14H12Br2FN. The summed E-state index contributed by atoms with van der Waals surface area (Å²) in [5.41, 5.74) is 3.24. The van der Waals surface area contributed by atoms with Crippen LogP contribution in [0.3, 0.4) is 0 Å². The number of halogens is 3. The van der Waals surface area contributed by atoms with Gasteiger partial charge < -0.3 is 5.32 Å². The third-order valence-corrected chi connectivity index (χ3v) is 4.32. The zero-order valence-electron chi connectivity index (χ0n) is 9.81. The first-order valence-corrected chi connectivity index (χ1v) is 7.09. The molecule has 2 aromatic carbocycles. The molecule has 0 aromatic heterocycles. The van der Waals surface area contributed by atoms with Gasteiger partial charge in [-0.3, -0.25) is 0 Å². The molecule has 0 fully saturated rings. The molecule has 0 amide bonds. The van der Waals surface area contributed by atoms with Gasteiger partial charge in [0.25, 0.3) is 0 Å². The number of aryl methyl sites for hydroxylation is 1. The third kappa shape index (κ3) is 3.12. The first kappa shape index (κ1) is 13.6. The molecule has 0 saturated heterocycles. The highest BCUT2D eigenvalue weighted by molar-refractivity contribution is 9.11. The summed E-state index contributed by atoms with van der Waals surface area (Å²) in [7, 11) is 0.